The van der Waals surface area contributed by atoms with E-state index >= 15 is 0 Å². The molecule has 3 rings (SSSR count). The van der Waals surface area contributed by atoms with Crippen molar-refractivity contribution in [1.82, 2.24) is 4.98 Å². The summed E-state index contributed by atoms with van der Waals surface area (Å²) in [6.07, 6.45) is -3.97. The summed E-state index contributed by atoms with van der Waals surface area (Å²) in [7, 11) is 0. The minimum Gasteiger partial charge on any atom is -0.439 e. The predicted molar refractivity (Wildman–Crippen MR) is 87.7 cm³/mol. The minimum atomic E-state index is -4.75. The van der Waals surface area contributed by atoms with Crippen molar-refractivity contribution in [2.45, 2.75) is 12.8 Å². The van der Waals surface area contributed by atoms with Gasteiger partial charge in [0.05, 0.1) is 5.52 Å². The Hall–Kier alpha value is -2.80. The van der Waals surface area contributed by atoms with Gasteiger partial charge in [-0.25, -0.2) is 4.98 Å². The normalized spacial score (nSPS) is 11.5. The van der Waals surface area contributed by atoms with Crippen LogP contribution in [0.3, 0.4) is 0 Å². The van der Waals surface area contributed by atoms with Crippen LogP contribution in [0.25, 0.3) is 10.9 Å². The number of alkyl halides is 3. The number of rotatable bonds is 5. The van der Waals surface area contributed by atoms with E-state index in [2.05, 4.69) is 9.72 Å². The van der Waals surface area contributed by atoms with Crippen LogP contribution in [0.15, 0.2) is 54.6 Å². The molecule has 0 saturated heterocycles. The molecule has 3 aromatic rings. The van der Waals surface area contributed by atoms with Crippen molar-refractivity contribution in [3.63, 3.8) is 0 Å². The van der Waals surface area contributed by atoms with Crippen LogP contribution in [0.2, 0.25) is 0 Å². The third-order valence-electron chi connectivity index (χ3n) is 3.42. The minimum absolute atomic E-state index is 0.202. The van der Waals surface area contributed by atoms with Gasteiger partial charge in [0.15, 0.2) is 0 Å². The zero-order valence-electron chi connectivity index (χ0n) is 13.1. The fourth-order valence-electron chi connectivity index (χ4n) is 2.39. The quantitative estimate of drug-likeness (QED) is 0.741. The van der Waals surface area contributed by atoms with Gasteiger partial charge in [-0.1, -0.05) is 12.1 Å². The van der Waals surface area contributed by atoms with Gasteiger partial charge in [0.2, 0.25) is 5.88 Å². The lowest BCUT2D eigenvalue weighted by atomic mass is 10.1. The molecule has 0 aliphatic carbocycles. The molecule has 7 heteroatoms. The summed E-state index contributed by atoms with van der Waals surface area (Å²) in [4.78, 5) is 4.36. The molecule has 0 fully saturated rings. The first-order valence-corrected chi connectivity index (χ1v) is 7.56. The van der Waals surface area contributed by atoms with Gasteiger partial charge >= 0.3 is 6.36 Å². The SMILES string of the molecule is NCCc1ccc2nc(Oc3cccc(OC(F)(F)F)c3)ccc2c1. The van der Waals surface area contributed by atoms with E-state index in [9.17, 15) is 13.2 Å². The van der Waals surface area contributed by atoms with Crippen LogP contribution in [0.5, 0.6) is 17.4 Å². The zero-order chi connectivity index (χ0) is 17.9. The Kier molecular flexibility index (Phi) is 4.76. The van der Waals surface area contributed by atoms with Crippen LogP contribution < -0.4 is 15.2 Å². The molecule has 0 atom stereocenters. The first-order valence-electron chi connectivity index (χ1n) is 7.56. The van der Waals surface area contributed by atoms with Crippen molar-refractivity contribution in [2.24, 2.45) is 5.73 Å². The Labute approximate surface area is 142 Å². The highest BCUT2D eigenvalue weighted by atomic mass is 19.4. The average molecular weight is 348 g/mol. The van der Waals surface area contributed by atoms with Gasteiger partial charge in [0.25, 0.3) is 0 Å². The molecule has 0 saturated carbocycles. The molecule has 0 unspecified atom stereocenters. The lowest BCUT2D eigenvalue weighted by Crippen LogP contribution is -2.17. The number of nitrogens with zero attached hydrogens (tertiary/aromatic N) is 1. The van der Waals surface area contributed by atoms with E-state index in [1.807, 2.05) is 24.3 Å². The molecule has 4 nitrogen and oxygen atoms in total. The van der Waals surface area contributed by atoms with E-state index in [1.165, 1.54) is 18.2 Å². The first kappa shape index (κ1) is 17.0. The van der Waals surface area contributed by atoms with Crippen LogP contribution in [-0.2, 0) is 6.42 Å². The highest BCUT2D eigenvalue weighted by Crippen LogP contribution is 2.29. The van der Waals surface area contributed by atoms with Crippen LogP contribution >= 0.6 is 0 Å². The zero-order valence-corrected chi connectivity index (χ0v) is 13.1. The summed E-state index contributed by atoms with van der Waals surface area (Å²) < 4.78 is 46.3. The van der Waals surface area contributed by atoms with Crippen LogP contribution in [0.4, 0.5) is 13.2 Å². The number of benzene rings is 2. The fraction of sp³-hybridized carbons (Fsp3) is 0.167. The third-order valence-corrected chi connectivity index (χ3v) is 3.42. The Balaban J connectivity index is 1.81. The van der Waals surface area contributed by atoms with E-state index in [-0.39, 0.29) is 17.4 Å². The molecule has 0 spiro atoms. The number of pyridine rings is 1. The number of hydrogen-bond acceptors (Lipinski definition) is 4. The topological polar surface area (TPSA) is 57.4 Å². The molecule has 0 bridgehead atoms. The summed E-state index contributed by atoms with van der Waals surface area (Å²) >= 11 is 0. The predicted octanol–water partition coefficient (Wildman–Crippen LogP) is 4.43. The van der Waals surface area contributed by atoms with Crippen molar-refractivity contribution in [2.75, 3.05) is 6.54 Å². The average Bonchev–Trinajstić information content (AvgIpc) is 2.54. The van der Waals surface area contributed by atoms with E-state index in [4.69, 9.17) is 10.5 Å². The largest absolute Gasteiger partial charge is 0.573 e. The molecule has 1 aromatic heterocycles. The summed E-state index contributed by atoms with van der Waals surface area (Å²) in [6, 6.07) is 14.6. The molecule has 0 aliphatic rings. The molecule has 2 N–H and O–H groups in total. The Morgan fingerprint density at radius 1 is 0.960 bits per heavy atom. The van der Waals surface area contributed by atoms with Crippen molar-refractivity contribution in [3.05, 3.63) is 60.2 Å². The van der Waals surface area contributed by atoms with Gasteiger partial charge in [0, 0.05) is 17.5 Å². The van der Waals surface area contributed by atoms with E-state index in [1.54, 1.807) is 6.07 Å². The van der Waals surface area contributed by atoms with Gasteiger partial charge in [0.1, 0.15) is 11.5 Å². The maximum atomic E-state index is 12.3. The second-order valence-electron chi connectivity index (χ2n) is 5.34. The highest BCUT2D eigenvalue weighted by Gasteiger charge is 2.31. The molecular weight excluding hydrogens is 333 g/mol. The lowest BCUT2D eigenvalue weighted by Gasteiger charge is -2.11. The summed E-state index contributed by atoms with van der Waals surface area (Å²) in [5.41, 5.74) is 7.39. The van der Waals surface area contributed by atoms with Crippen LogP contribution in [0.1, 0.15) is 5.56 Å². The van der Waals surface area contributed by atoms with Gasteiger partial charge in [-0.3, -0.25) is 0 Å². The van der Waals surface area contributed by atoms with E-state index in [0.29, 0.717) is 6.54 Å². The molecule has 0 amide bonds. The fourth-order valence-corrected chi connectivity index (χ4v) is 2.39. The van der Waals surface area contributed by atoms with Gasteiger partial charge in [-0.15, -0.1) is 13.2 Å². The number of fused-ring (bicyclic) bond motifs is 1. The molecule has 0 radical (unpaired) electrons. The summed E-state index contributed by atoms with van der Waals surface area (Å²) in [5.74, 6) is 0.133. The molecule has 0 aliphatic heterocycles. The van der Waals surface area contributed by atoms with Crippen LogP contribution in [0, 0.1) is 0 Å². The Morgan fingerprint density at radius 2 is 1.76 bits per heavy atom. The molecular formula is C18H15F3N2O2. The molecule has 1 heterocycles. The number of halogens is 3. The summed E-state index contributed by atoms with van der Waals surface area (Å²) in [5, 5.41) is 0.937. The maximum Gasteiger partial charge on any atom is 0.573 e. The highest BCUT2D eigenvalue weighted by molar-refractivity contribution is 5.79. The van der Waals surface area contributed by atoms with Gasteiger partial charge in [-0.05, 0) is 48.9 Å². The first-order chi connectivity index (χ1) is 11.9. The standard InChI is InChI=1S/C18H15F3N2O2/c19-18(20,21)25-15-3-1-2-14(11-15)24-17-7-5-13-10-12(8-9-22)4-6-16(13)23-17/h1-7,10-11H,8-9,22H2. The second kappa shape index (κ2) is 6.98. The number of ether oxygens (including phenoxy) is 2. The van der Waals surface area contributed by atoms with Crippen molar-refractivity contribution in [1.29, 1.82) is 0 Å². The van der Waals surface area contributed by atoms with E-state index < -0.39 is 6.36 Å². The monoisotopic (exact) mass is 348 g/mol. The Bertz CT molecular complexity index is 882. The second-order valence-corrected chi connectivity index (χ2v) is 5.34. The van der Waals surface area contributed by atoms with E-state index in [0.717, 1.165) is 29.0 Å². The van der Waals surface area contributed by atoms with Crippen LogP contribution in [-0.4, -0.2) is 17.9 Å². The summed E-state index contributed by atoms with van der Waals surface area (Å²) in [6.45, 7) is 0.566. The molecule has 130 valence electrons. The lowest BCUT2D eigenvalue weighted by molar-refractivity contribution is -0.274. The smallest absolute Gasteiger partial charge is 0.439 e. The number of nitrogens with two attached hydrogens (primary N) is 1. The van der Waals surface area contributed by atoms with Gasteiger partial charge < -0.3 is 15.2 Å². The third kappa shape index (κ3) is 4.60. The molecule has 2 aromatic carbocycles. The maximum absolute atomic E-state index is 12.3. The van der Waals surface area contributed by atoms with Gasteiger partial charge in [-0.2, -0.15) is 0 Å². The Morgan fingerprint density at radius 3 is 2.52 bits per heavy atom. The number of hydrogen-bond donors (Lipinski definition) is 1. The van der Waals surface area contributed by atoms with Crippen molar-refractivity contribution in [3.8, 4) is 17.4 Å². The molecule has 25 heavy (non-hydrogen) atoms. The van der Waals surface area contributed by atoms with Crippen molar-refractivity contribution >= 4 is 10.9 Å². The number of aromatic nitrogens is 1. The van der Waals surface area contributed by atoms with Crippen molar-refractivity contribution < 1.29 is 22.6 Å².